The third-order valence-corrected chi connectivity index (χ3v) is 5.23. The largest absolute Gasteiger partial charge is 0.370 e. The summed E-state index contributed by atoms with van der Waals surface area (Å²) in [6.45, 7) is 6.92. The molecule has 1 heterocycles. The average molecular weight is 398 g/mol. The molecule has 5 nitrogen and oxygen atoms in total. The fourth-order valence-electron chi connectivity index (χ4n) is 3.49. The van der Waals surface area contributed by atoms with Crippen molar-refractivity contribution in [3.63, 3.8) is 0 Å². The molecule has 0 aromatic heterocycles. The SMILES string of the molecule is Cc1ccccc1C(=O)NC(C(=O)N1CCOC(c2ccc(F)cc2)C1)C(C)C. The normalized spacial score (nSPS) is 17.8. The maximum absolute atomic E-state index is 13.2. The summed E-state index contributed by atoms with van der Waals surface area (Å²) in [6, 6.07) is 12.8. The van der Waals surface area contributed by atoms with Crippen LogP contribution in [0.3, 0.4) is 0 Å². The van der Waals surface area contributed by atoms with Crippen LogP contribution in [0.1, 0.15) is 41.4 Å². The third-order valence-electron chi connectivity index (χ3n) is 5.23. The second-order valence-corrected chi connectivity index (χ2v) is 7.71. The number of hydrogen-bond donors (Lipinski definition) is 1. The maximum atomic E-state index is 13.2. The van der Waals surface area contributed by atoms with E-state index in [0.29, 0.717) is 25.3 Å². The number of benzene rings is 2. The molecule has 1 fully saturated rings. The Labute approximate surface area is 170 Å². The molecule has 29 heavy (non-hydrogen) atoms. The minimum Gasteiger partial charge on any atom is -0.370 e. The predicted molar refractivity (Wildman–Crippen MR) is 109 cm³/mol. The highest BCUT2D eigenvalue weighted by molar-refractivity contribution is 5.98. The average Bonchev–Trinajstić information content (AvgIpc) is 2.72. The lowest BCUT2D eigenvalue weighted by Crippen LogP contribution is -2.54. The Balaban J connectivity index is 1.72. The molecule has 2 amide bonds. The monoisotopic (exact) mass is 398 g/mol. The summed E-state index contributed by atoms with van der Waals surface area (Å²) < 4.78 is 19.0. The Morgan fingerprint density at radius 1 is 1.14 bits per heavy atom. The molecule has 1 saturated heterocycles. The van der Waals surface area contributed by atoms with Gasteiger partial charge in [-0.15, -0.1) is 0 Å². The molecule has 0 spiro atoms. The van der Waals surface area contributed by atoms with Gasteiger partial charge in [-0.25, -0.2) is 4.39 Å². The van der Waals surface area contributed by atoms with Crippen LogP contribution in [0.25, 0.3) is 0 Å². The molecular weight excluding hydrogens is 371 g/mol. The summed E-state index contributed by atoms with van der Waals surface area (Å²) in [5.74, 6) is -0.755. The topological polar surface area (TPSA) is 58.6 Å². The molecule has 1 aliphatic heterocycles. The number of ether oxygens (including phenoxy) is 1. The molecule has 1 N–H and O–H groups in total. The number of nitrogens with one attached hydrogen (secondary N) is 1. The molecule has 2 aromatic carbocycles. The van der Waals surface area contributed by atoms with Crippen LogP contribution in [0.4, 0.5) is 4.39 Å². The number of halogens is 1. The van der Waals surface area contributed by atoms with Gasteiger partial charge in [0.2, 0.25) is 5.91 Å². The number of amides is 2. The van der Waals surface area contributed by atoms with E-state index in [9.17, 15) is 14.0 Å². The Kier molecular flexibility index (Phi) is 6.64. The van der Waals surface area contributed by atoms with Crippen molar-refractivity contribution in [3.8, 4) is 0 Å². The number of rotatable bonds is 5. The highest BCUT2D eigenvalue weighted by Gasteiger charge is 2.33. The van der Waals surface area contributed by atoms with E-state index in [1.807, 2.05) is 39.0 Å². The zero-order chi connectivity index (χ0) is 21.0. The van der Waals surface area contributed by atoms with Crippen molar-refractivity contribution in [2.75, 3.05) is 19.7 Å². The number of nitrogens with zero attached hydrogens (tertiary/aromatic N) is 1. The van der Waals surface area contributed by atoms with Gasteiger partial charge in [-0.2, -0.15) is 0 Å². The molecule has 0 aliphatic carbocycles. The van der Waals surface area contributed by atoms with E-state index < -0.39 is 6.04 Å². The second-order valence-electron chi connectivity index (χ2n) is 7.71. The number of aryl methyl sites for hydroxylation is 1. The highest BCUT2D eigenvalue weighted by atomic mass is 19.1. The number of carbonyl (C=O) groups excluding carboxylic acids is 2. The minimum atomic E-state index is -0.630. The molecule has 6 heteroatoms. The van der Waals surface area contributed by atoms with Gasteiger partial charge in [-0.1, -0.05) is 44.2 Å². The number of hydrogen-bond acceptors (Lipinski definition) is 3. The van der Waals surface area contributed by atoms with Gasteiger partial charge >= 0.3 is 0 Å². The van der Waals surface area contributed by atoms with E-state index in [0.717, 1.165) is 11.1 Å². The third kappa shape index (κ3) is 5.01. The van der Waals surface area contributed by atoms with Crippen molar-refractivity contribution in [1.29, 1.82) is 0 Å². The molecule has 2 atom stereocenters. The standard InChI is InChI=1S/C23H27FN2O3/c1-15(2)21(25-22(27)19-7-5-4-6-16(19)3)23(28)26-12-13-29-20(14-26)17-8-10-18(24)11-9-17/h4-11,15,20-21H,12-14H2,1-3H3,(H,25,27). The summed E-state index contributed by atoms with van der Waals surface area (Å²) in [6.07, 6.45) is -0.312. The summed E-state index contributed by atoms with van der Waals surface area (Å²) in [7, 11) is 0. The van der Waals surface area contributed by atoms with Crippen LogP contribution >= 0.6 is 0 Å². The van der Waals surface area contributed by atoms with Crippen molar-refractivity contribution in [3.05, 3.63) is 71.0 Å². The van der Waals surface area contributed by atoms with E-state index in [-0.39, 0.29) is 29.7 Å². The van der Waals surface area contributed by atoms with Crippen LogP contribution in [0, 0.1) is 18.7 Å². The van der Waals surface area contributed by atoms with Crippen molar-refractivity contribution < 1.29 is 18.7 Å². The fourth-order valence-corrected chi connectivity index (χ4v) is 3.49. The Morgan fingerprint density at radius 3 is 2.48 bits per heavy atom. The molecule has 2 unspecified atom stereocenters. The zero-order valence-electron chi connectivity index (χ0n) is 17.0. The fraction of sp³-hybridized carbons (Fsp3) is 0.391. The van der Waals surface area contributed by atoms with Crippen LogP contribution in [-0.4, -0.2) is 42.5 Å². The summed E-state index contributed by atoms with van der Waals surface area (Å²) in [5, 5.41) is 2.91. The first-order valence-electron chi connectivity index (χ1n) is 9.89. The Morgan fingerprint density at radius 2 is 1.83 bits per heavy atom. The van der Waals surface area contributed by atoms with Crippen LogP contribution in [-0.2, 0) is 9.53 Å². The van der Waals surface area contributed by atoms with Gasteiger partial charge in [0.05, 0.1) is 13.2 Å². The van der Waals surface area contributed by atoms with Crippen LogP contribution in [0.15, 0.2) is 48.5 Å². The van der Waals surface area contributed by atoms with Crippen LogP contribution in [0.2, 0.25) is 0 Å². The van der Waals surface area contributed by atoms with Crippen molar-refractivity contribution in [2.24, 2.45) is 5.92 Å². The molecular formula is C23H27FN2O3. The lowest BCUT2D eigenvalue weighted by Gasteiger charge is -2.36. The lowest BCUT2D eigenvalue weighted by atomic mass is 10.00. The van der Waals surface area contributed by atoms with Gasteiger partial charge in [0.25, 0.3) is 5.91 Å². The summed E-state index contributed by atoms with van der Waals surface area (Å²) >= 11 is 0. The zero-order valence-corrected chi connectivity index (χ0v) is 17.0. The summed E-state index contributed by atoms with van der Waals surface area (Å²) in [5.41, 5.74) is 2.26. The van der Waals surface area contributed by atoms with E-state index in [2.05, 4.69) is 5.32 Å². The molecule has 1 aliphatic rings. The van der Waals surface area contributed by atoms with Gasteiger partial charge < -0.3 is 15.0 Å². The molecule has 0 bridgehead atoms. The van der Waals surface area contributed by atoms with Crippen LogP contribution in [0.5, 0.6) is 0 Å². The van der Waals surface area contributed by atoms with Gasteiger partial charge in [-0.05, 0) is 42.2 Å². The quantitative estimate of drug-likeness (QED) is 0.839. The Hall–Kier alpha value is -2.73. The van der Waals surface area contributed by atoms with Crippen molar-refractivity contribution in [2.45, 2.75) is 32.9 Å². The molecule has 0 radical (unpaired) electrons. The minimum absolute atomic E-state index is 0.0671. The smallest absolute Gasteiger partial charge is 0.252 e. The Bertz CT molecular complexity index is 867. The lowest BCUT2D eigenvalue weighted by molar-refractivity contribution is -0.142. The predicted octanol–water partition coefficient (Wildman–Crippen LogP) is 3.49. The van der Waals surface area contributed by atoms with Gasteiger partial charge in [0, 0.05) is 12.1 Å². The van der Waals surface area contributed by atoms with E-state index in [1.54, 1.807) is 23.1 Å². The summed E-state index contributed by atoms with van der Waals surface area (Å²) in [4.78, 5) is 27.7. The van der Waals surface area contributed by atoms with E-state index in [1.165, 1.54) is 12.1 Å². The van der Waals surface area contributed by atoms with Gasteiger partial charge in [0.1, 0.15) is 18.0 Å². The molecule has 154 valence electrons. The van der Waals surface area contributed by atoms with Crippen molar-refractivity contribution in [1.82, 2.24) is 10.2 Å². The maximum Gasteiger partial charge on any atom is 0.252 e. The van der Waals surface area contributed by atoms with E-state index in [4.69, 9.17) is 4.74 Å². The second kappa shape index (κ2) is 9.18. The number of carbonyl (C=O) groups is 2. The first-order valence-corrected chi connectivity index (χ1v) is 9.89. The highest BCUT2D eigenvalue weighted by Crippen LogP contribution is 2.23. The molecule has 3 rings (SSSR count). The van der Waals surface area contributed by atoms with Crippen LogP contribution < -0.4 is 5.32 Å². The van der Waals surface area contributed by atoms with E-state index >= 15 is 0 Å². The molecule has 2 aromatic rings. The molecule has 0 saturated carbocycles. The van der Waals surface area contributed by atoms with Gasteiger partial charge in [0.15, 0.2) is 0 Å². The number of morpholine rings is 1. The van der Waals surface area contributed by atoms with Crippen molar-refractivity contribution >= 4 is 11.8 Å². The van der Waals surface area contributed by atoms with Gasteiger partial charge in [-0.3, -0.25) is 9.59 Å². The first-order chi connectivity index (χ1) is 13.9. The first kappa shape index (κ1) is 21.0.